The van der Waals surface area contributed by atoms with Gasteiger partial charge in [-0.3, -0.25) is 0 Å². The van der Waals surface area contributed by atoms with Crippen molar-refractivity contribution in [3.63, 3.8) is 0 Å². The summed E-state index contributed by atoms with van der Waals surface area (Å²) in [5.41, 5.74) is 2.62. The summed E-state index contributed by atoms with van der Waals surface area (Å²) in [6, 6.07) is 8.61. The molecule has 1 aliphatic rings. The van der Waals surface area contributed by atoms with Gasteiger partial charge >= 0.3 is 0 Å². The van der Waals surface area contributed by atoms with Crippen LogP contribution in [0, 0.1) is 0 Å². The Morgan fingerprint density at radius 3 is 2.90 bits per heavy atom. The lowest BCUT2D eigenvalue weighted by molar-refractivity contribution is 0.696. The number of hydrogen-bond donors (Lipinski definition) is 1. The first-order chi connectivity index (χ1) is 9.65. The number of rotatable bonds is 3. The van der Waals surface area contributed by atoms with Crippen molar-refractivity contribution in [3.05, 3.63) is 49.1 Å². The van der Waals surface area contributed by atoms with Gasteiger partial charge in [0.05, 0.1) is 21.2 Å². The van der Waals surface area contributed by atoms with Gasteiger partial charge in [0, 0.05) is 9.75 Å². The van der Waals surface area contributed by atoms with Crippen molar-refractivity contribution in [1.29, 1.82) is 0 Å². The minimum atomic E-state index is 0.306. The molecule has 106 valence electrons. The lowest BCUT2D eigenvalue weighted by Crippen LogP contribution is -2.05. The summed E-state index contributed by atoms with van der Waals surface area (Å²) in [5, 5.41) is 4.30. The van der Waals surface area contributed by atoms with E-state index in [9.17, 15) is 0 Å². The van der Waals surface area contributed by atoms with Gasteiger partial charge in [-0.25, -0.2) is 0 Å². The fourth-order valence-electron chi connectivity index (χ4n) is 2.65. The monoisotopic (exact) mass is 369 g/mol. The van der Waals surface area contributed by atoms with E-state index < -0.39 is 0 Å². The van der Waals surface area contributed by atoms with Crippen LogP contribution in [0.5, 0.6) is 0 Å². The highest BCUT2D eigenvalue weighted by Gasteiger charge is 2.17. The zero-order valence-corrected chi connectivity index (χ0v) is 14.5. The van der Waals surface area contributed by atoms with Gasteiger partial charge in [-0.05, 0) is 72.3 Å². The third-order valence-electron chi connectivity index (χ3n) is 3.77. The Balaban J connectivity index is 1.80. The third kappa shape index (κ3) is 2.90. The molecule has 3 rings (SSSR count). The maximum atomic E-state index is 6.14. The third-order valence-corrected chi connectivity index (χ3v) is 6.58. The van der Waals surface area contributed by atoms with Crippen LogP contribution < -0.4 is 5.32 Å². The summed E-state index contributed by atoms with van der Waals surface area (Å²) in [4.78, 5) is 3.01. The van der Waals surface area contributed by atoms with Gasteiger partial charge < -0.3 is 5.32 Å². The number of thiophene rings is 1. The molecule has 0 fully saturated rings. The standard InChI is InChI=1S/C16H17BrClNS/c1-10(19-13-7-4-6-12(18)16(13)17)15-9-11-5-2-3-8-14(11)20-15/h4,6-7,9-10,19H,2-3,5,8H2,1H3. The molecule has 2 aromatic rings. The second-order valence-electron chi connectivity index (χ2n) is 5.27. The van der Waals surface area contributed by atoms with Crippen LogP contribution in [0.25, 0.3) is 0 Å². The summed E-state index contributed by atoms with van der Waals surface area (Å²) in [6.45, 7) is 2.21. The predicted molar refractivity (Wildman–Crippen MR) is 92.2 cm³/mol. The molecule has 0 saturated carbocycles. The van der Waals surface area contributed by atoms with Crippen LogP contribution in [-0.2, 0) is 12.8 Å². The Morgan fingerprint density at radius 2 is 2.10 bits per heavy atom. The Morgan fingerprint density at radius 1 is 1.30 bits per heavy atom. The van der Waals surface area contributed by atoms with Crippen molar-refractivity contribution in [2.75, 3.05) is 5.32 Å². The molecule has 0 radical (unpaired) electrons. The van der Waals surface area contributed by atoms with Gasteiger partial charge in [0.15, 0.2) is 0 Å². The molecule has 1 heterocycles. The molecule has 20 heavy (non-hydrogen) atoms. The Hall–Kier alpha value is -0.510. The molecule has 1 atom stereocenters. The molecule has 1 N–H and O–H groups in total. The largest absolute Gasteiger partial charge is 0.377 e. The van der Waals surface area contributed by atoms with Crippen LogP contribution in [-0.4, -0.2) is 0 Å². The first-order valence-electron chi connectivity index (χ1n) is 6.97. The SMILES string of the molecule is CC(Nc1cccc(Cl)c1Br)c1cc2c(s1)CCCC2. The molecule has 1 aliphatic carbocycles. The van der Waals surface area contributed by atoms with E-state index in [1.54, 1.807) is 10.4 Å². The number of halogens is 2. The molecule has 0 bridgehead atoms. The molecule has 0 saturated heterocycles. The molecular formula is C16H17BrClNS. The number of anilines is 1. The highest BCUT2D eigenvalue weighted by Crippen LogP contribution is 2.36. The van der Waals surface area contributed by atoms with Crippen molar-refractivity contribution in [2.24, 2.45) is 0 Å². The van der Waals surface area contributed by atoms with Gasteiger partial charge in [-0.1, -0.05) is 17.7 Å². The van der Waals surface area contributed by atoms with E-state index in [1.165, 1.54) is 30.6 Å². The van der Waals surface area contributed by atoms with Gasteiger partial charge in [0.25, 0.3) is 0 Å². The van der Waals surface area contributed by atoms with Crippen molar-refractivity contribution >= 4 is 44.6 Å². The van der Waals surface area contributed by atoms with Crippen LogP contribution >= 0.6 is 38.9 Å². The zero-order valence-electron chi connectivity index (χ0n) is 11.4. The van der Waals surface area contributed by atoms with Crippen molar-refractivity contribution in [1.82, 2.24) is 0 Å². The van der Waals surface area contributed by atoms with E-state index >= 15 is 0 Å². The number of benzene rings is 1. The lowest BCUT2D eigenvalue weighted by Gasteiger charge is -2.15. The highest BCUT2D eigenvalue weighted by atomic mass is 79.9. The molecule has 1 nitrogen and oxygen atoms in total. The van der Waals surface area contributed by atoms with Crippen LogP contribution in [0.3, 0.4) is 0 Å². The van der Waals surface area contributed by atoms with Gasteiger partial charge in [0.2, 0.25) is 0 Å². The molecular weight excluding hydrogens is 354 g/mol. The Bertz CT molecular complexity index is 599. The van der Waals surface area contributed by atoms with Crippen molar-refractivity contribution in [2.45, 2.75) is 38.6 Å². The van der Waals surface area contributed by atoms with Crippen LogP contribution in [0.4, 0.5) is 5.69 Å². The summed E-state index contributed by atoms with van der Waals surface area (Å²) in [5.74, 6) is 0. The highest BCUT2D eigenvalue weighted by molar-refractivity contribution is 9.10. The van der Waals surface area contributed by atoms with E-state index in [1.807, 2.05) is 23.5 Å². The topological polar surface area (TPSA) is 12.0 Å². The average molecular weight is 371 g/mol. The normalized spacial score (nSPS) is 15.8. The van der Waals surface area contributed by atoms with E-state index in [-0.39, 0.29) is 0 Å². The number of fused-ring (bicyclic) bond motifs is 1. The van der Waals surface area contributed by atoms with Gasteiger partial charge in [0.1, 0.15) is 0 Å². The molecule has 0 spiro atoms. The molecule has 1 unspecified atom stereocenters. The maximum absolute atomic E-state index is 6.14. The number of nitrogens with one attached hydrogen (secondary N) is 1. The predicted octanol–water partition coefficient (Wildman–Crippen LogP) is 6.22. The van der Waals surface area contributed by atoms with E-state index in [4.69, 9.17) is 11.6 Å². The summed E-state index contributed by atoms with van der Waals surface area (Å²) >= 11 is 11.7. The fraction of sp³-hybridized carbons (Fsp3) is 0.375. The molecule has 4 heteroatoms. The lowest BCUT2D eigenvalue weighted by atomic mass is 9.99. The number of hydrogen-bond acceptors (Lipinski definition) is 2. The fourth-order valence-corrected chi connectivity index (χ4v) is 4.46. The summed E-state index contributed by atoms with van der Waals surface area (Å²) < 4.78 is 0.940. The van der Waals surface area contributed by atoms with Crippen molar-refractivity contribution in [3.8, 4) is 0 Å². The van der Waals surface area contributed by atoms with E-state index in [0.29, 0.717) is 6.04 Å². The van der Waals surface area contributed by atoms with Gasteiger partial charge in [-0.15, -0.1) is 11.3 Å². The van der Waals surface area contributed by atoms with Crippen LogP contribution in [0.1, 0.15) is 41.1 Å². The first kappa shape index (κ1) is 14.4. The molecule has 1 aromatic heterocycles. The minimum Gasteiger partial charge on any atom is -0.377 e. The number of aryl methyl sites for hydroxylation is 2. The smallest absolute Gasteiger partial charge is 0.0593 e. The summed E-state index contributed by atoms with van der Waals surface area (Å²) in [7, 11) is 0. The maximum Gasteiger partial charge on any atom is 0.0593 e. The summed E-state index contributed by atoms with van der Waals surface area (Å²) in [6.07, 6.45) is 5.19. The second-order valence-corrected chi connectivity index (χ2v) is 7.64. The average Bonchev–Trinajstić information content (AvgIpc) is 2.88. The molecule has 1 aromatic carbocycles. The van der Waals surface area contributed by atoms with Gasteiger partial charge in [-0.2, -0.15) is 0 Å². The first-order valence-corrected chi connectivity index (χ1v) is 8.96. The van der Waals surface area contributed by atoms with Crippen molar-refractivity contribution < 1.29 is 0 Å². The zero-order chi connectivity index (χ0) is 14.1. The van der Waals surface area contributed by atoms with Crippen LogP contribution in [0.2, 0.25) is 5.02 Å². The van der Waals surface area contributed by atoms with E-state index in [2.05, 4.69) is 40.3 Å². The minimum absolute atomic E-state index is 0.306. The molecule has 0 amide bonds. The molecule has 0 aliphatic heterocycles. The van der Waals surface area contributed by atoms with Crippen LogP contribution in [0.15, 0.2) is 28.7 Å². The Labute approximate surface area is 137 Å². The Kier molecular flexibility index (Phi) is 4.39. The van der Waals surface area contributed by atoms with E-state index in [0.717, 1.165) is 15.2 Å². The second kappa shape index (κ2) is 6.08. The quantitative estimate of drug-likeness (QED) is 0.676.